The third-order valence-electron chi connectivity index (χ3n) is 4.38. The maximum atomic E-state index is 11.8. The molecule has 26 heavy (non-hydrogen) atoms. The lowest BCUT2D eigenvalue weighted by molar-refractivity contribution is -0.384. The molecule has 1 saturated carbocycles. The van der Waals surface area contributed by atoms with Crippen molar-refractivity contribution >= 4 is 17.5 Å². The fourth-order valence-corrected chi connectivity index (χ4v) is 2.92. The molecule has 0 unspecified atom stereocenters. The minimum absolute atomic E-state index is 0.0141. The van der Waals surface area contributed by atoms with Crippen molar-refractivity contribution in [1.29, 1.82) is 0 Å². The average Bonchev–Trinajstić information content (AvgIpc) is 2.60. The summed E-state index contributed by atoms with van der Waals surface area (Å²) in [6, 6.07) is 14.7. The van der Waals surface area contributed by atoms with Gasteiger partial charge in [-0.3, -0.25) is 10.1 Å². The first kappa shape index (κ1) is 17.7. The Morgan fingerprint density at radius 1 is 1.19 bits per heavy atom. The molecule has 0 aromatic heterocycles. The Morgan fingerprint density at radius 3 is 2.62 bits per heavy atom. The number of alkyl carbamates (subject to hydrolysis) is 1. The van der Waals surface area contributed by atoms with Crippen LogP contribution in [0.3, 0.4) is 0 Å². The number of rotatable bonds is 6. The molecule has 0 aliphatic heterocycles. The molecule has 1 amide bonds. The molecule has 7 heteroatoms. The zero-order valence-corrected chi connectivity index (χ0v) is 14.5. The molecule has 0 atom stereocenters. The monoisotopic (exact) mass is 355 g/mol. The SMILES string of the molecule is Cc1ccc(NC2CC(NC(=O)OCc3ccccc3)C2)c([N+](=O)[O-])c1. The smallest absolute Gasteiger partial charge is 0.407 e. The summed E-state index contributed by atoms with van der Waals surface area (Å²) in [5.41, 5.74) is 2.36. The lowest BCUT2D eigenvalue weighted by Crippen LogP contribution is -2.49. The molecule has 136 valence electrons. The van der Waals surface area contributed by atoms with E-state index in [2.05, 4.69) is 10.6 Å². The van der Waals surface area contributed by atoms with Crippen LogP contribution in [0, 0.1) is 17.0 Å². The second-order valence-corrected chi connectivity index (χ2v) is 6.49. The van der Waals surface area contributed by atoms with E-state index in [1.165, 1.54) is 0 Å². The topological polar surface area (TPSA) is 93.5 Å². The average molecular weight is 355 g/mol. The number of carbonyl (C=O) groups is 1. The van der Waals surface area contributed by atoms with E-state index in [9.17, 15) is 14.9 Å². The number of nitro groups is 1. The number of aryl methyl sites for hydroxylation is 1. The van der Waals surface area contributed by atoms with Crippen LogP contribution in [0.25, 0.3) is 0 Å². The van der Waals surface area contributed by atoms with E-state index in [1.54, 1.807) is 12.1 Å². The fourth-order valence-electron chi connectivity index (χ4n) is 2.92. The van der Waals surface area contributed by atoms with Crippen molar-refractivity contribution in [3.05, 3.63) is 69.8 Å². The summed E-state index contributed by atoms with van der Waals surface area (Å²) in [6.07, 6.45) is 0.954. The number of carbonyl (C=O) groups excluding carboxylic acids is 1. The molecule has 2 aromatic carbocycles. The number of nitrogens with one attached hydrogen (secondary N) is 2. The van der Waals surface area contributed by atoms with Crippen LogP contribution in [0.5, 0.6) is 0 Å². The molecular formula is C19H21N3O4. The molecule has 1 aliphatic carbocycles. The highest BCUT2D eigenvalue weighted by molar-refractivity contribution is 5.68. The number of nitro benzene ring substituents is 1. The van der Waals surface area contributed by atoms with Gasteiger partial charge in [-0.1, -0.05) is 36.4 Å². The Bertz CT molecular complexity index is 789. The molecule has 1 fully saturated rings. The quantitative estimate of drug-likeness (QED) is 0.608. The minimum Gasteiger partial charge on any atom is -0.445 e. The van der Waals surface area contributed by atoms with Crippen LogP contribution in [-0.2, 0) is 11.3 Å². The van der Waals surface area contributed by atoms with Crippen LogP contribution in [-0.4, -0.2) is 23.1 Å². The summed E-state index contributed by atoms with van der Waals surface area (Å²) >= 11 is 0. The van der Waals surface area contributed by atoms with Crippen molar-refractivity contribution in [3.63, 3.8) is 0 Å². The highest BCUT2D eigenvalue weighted by Crippen LogP contribution is 2.30. The molecule has 7 nitrogen and oxygen atoms in total. The predicted molar refractivity (Wildman–Crippen MR) is 98.0 cm³/mol. The Labute approximate surface area is 151 Å². The van der Waals surface area contributed by atoms with Gasteiger partial charge in [0.2, 0.25) is 0 Å². The van der Waals surface area contributed by atoms with Gasteiger partial charge < -0.3 is 15.4 Å². The normalized spacial score (nSPS) is 18.5. The predicted octanol–water partition coefficient (Wildman–Crippen LogP) is 3.77. The third kappa shape index (κ3) is 4.50. The van der Waals surface area contributed by atoms with Crippen LogP contribution in [0.15, 0.2) is 48.5 Å². The number of hydrogen-bond acceptors (Lipinski definition) is 5. The van der Waals surface area contributed by atoms with Gasteiger partial charge in [-0.15, -0.1) is 0 Å². The van der Waals surface area contributed by atoms with Crippen molar-refractivity contribution in [3.8, 4) is 0 Å². The van der Waals surface area contributed by atoms with Gasteiger partial charge in [-0.2, -0.15) is 0 Å². The standard InChI is InChI=1S/C19H21N3O4/c1-13-7-8-17(18(9-13)22(24)25)20-15-10-16(11-15)21-19(23)26-12-14-5-3-2-4-6-14/h2-9,15-16,20H,10-12H2,1H3,(H,21,23). The zero-order chi connectivity index (χ0) is 18.5. The fraction of sp³-hybridized carbons (Fsp3) is 0.316. The van der Waals surface area contributed by atoms with Crippen LogP contribution in [0.1, 0.15) is 24.0 Å². The van der Waals surface area contributed by atoms with E-state index in [1.807, 2.05) is 43.3 Å². The van der Waals surface area contributed by atoms with Gasteiger partial charge in [0.15, 0.2) is 0 Å². The Hall–Kier alpha value is -3.09. The lowest BCUT2D eigenvalue weighted by Gasteiger charge is -2.36. The van der Waals surface area contributed by atoms with E-state index in [-0.39, 0.29) is 29.3 Å². The van der Waals surface area contributed by atoms with Crippen molar-refractivity contribution in [2.45, 2.75) is 38.5 Å². The maximum absolute atomic E-state index is 11.8. The molecule has 0 radical (unpaired) electrons. The first-order valence-corrected chi connectivity index (χ1v) is 8.50. The summed E-state index contributed by atoms with van der Waals surface area (Å²) in [4.78, 5) is 22.6. The Kier molecular flexibility index (Phi) is 5.36. The van der Waals surface area contributed by atoms with Gasteiger partial charge in [-0.05, 0) is 37.0 Å². The Balaban J connectivity index is 1.43. The third-order valence-corrected chi connectivity index (χ3v) is 4.38. The number of amides is 1. The molecule has 2 aromatic rings. The summed E-state index contributed by atoms with van der Waals surface area (Å²) < 4.78 is 5.19. The van der Waals surface area contributed by atoms with Crippen molar-refractivity contribution in [2.75, 3.05) is 5.32 Å². The molecule has 0 saturated heterocycles. The lowest BCUT2D eigenvalue weighted by atomic mass is 9.86. The molecule has 2 N–H and O–H groups in total. The molecule has 3 rings (SSSR count). The highest BCUT2D eigenvalue weighted by atomic mass is 16.6. The summed E-state index contributed by atoms with van der Waals surface area (Å²) in [7, 11) is 0. The van der Waals surface area contributed by atoms with E-state index >= 15 is 0 Å². The molecule has 1 aliphatic rings. The van der Waals surface area contributed by atoms with Crippen molar-refractivity contribution in [2.24, 2.45) is 0 Å². The number of benzene rings is 2. The second kappa shape index (κ2) is 7.86. The van der Waals surface area contributed by atoms with E-state index in [0.29, 0.717) is 18.5 Å². The largest absolute Gasteiger partial charge is 0.445 e. The van der Waals surface area contributed by atoms with Gasteiger partial charge in [0.05, 0.1) is 4.92 Å². The molecule has 0 spiro atoms. The van der Waals surface area contributed by atoms with Crippen molar-refractivity contribution in [1.82, 2.24) is 5.32 Å². The van der Waals surface area contributed by atoms with Crippen molar-refractivity contribution < 1.29 is 14.5 Å². The van der Waals surface area contributed by atoms with Gasteiger partial charge in [0, 0.05) is 18.2 Å². The molecule has 0 bridgehead atoms. The number of ether oxygens (including phenoxy) is 1. The maximum Gasteiger partial charge on any atom is 0.407 e. The van der Waals surface area contributed by atoms with Gasteiger partial charge in [0.25, 0.3) is 5.69 Å². The highest BCUT2D eigenvalue weighted by Gasteiger charge is 2.32. The van der Waals surface area contributed by atoms with E-state index in [4.69, 9.17) is 4.74 Å². The van der Waals surface area contributed by atoms with Crippen LogP contribution >= 0.6 is 0 Å². The number of hydrogen-bond donors (Lipinski definition) is 2. The molecule has 0 heterocycles. The van der Waals surface area contributed by atoms with Gasteiger partial charge in [0.1, 0.15) is 12.3 Å². The number of anilines is 1. The van der Waals surface area contributed by atoms with Gasteiger partial charge in [-0.25, -0.2) is 4.79 Å². The van der Waals surface area contributed by atoms with Crippen LogP contribution in [0.4, 0.5) is 16.2 Å². The number of nitrogens with zero attached hydrogens (tertiary/aromatic N) is 1. The van der Waals surface area contributed by atoms with E-state index < -0.39 is 6.09 Å². The van der Waals surface area contributed by atoms with Crippen LogP contribution in [0.2, 0.25) is 0 Å². The first-order chi connectivity index (χ1) is 12.5. The van der Waals surface area contributed by atoms with E-state index in [0.717, 1.165) is 11.1 Å². The summed E-state index contributed by atoms with van der Waals surface area (Å²) in [5.74, 6) is 0. The summed E-state index contributed by atoms with van der Waals surface area (Å²) in [5, 5.41) is 17.1. The molecular weight excluding hydrogens is 334 g/mol. The Morgan fingerprint density at radius 2 is 1.92 bits per heavy atom. The van der Waals surface area contributed by atoms with Gasteiger partial charge >= 0.3 is 6.09 Å². The summed E-state index contributed by atoms with van der Waals surface area (Å²) in [6.45, 7) is 2.05. The first-order valence-electron chi connectivity index (χ1n) is 8.50. The minimum atomic E-state index is -0.446. The zero-order valence-electron chi connectivity index (χ0n) is 14.5. The van der Waals surface area contributed by atoms with Crippen LogP contribution < -0.4 is 10.6 Å². The second-order valence-electron chi connectivity index (χ2n) is 6.49.